The zero-order valence-corrected chi connectivity index (χ0v) is 7.54. The lowest BCUT2D eigenvalue weighted by atomic mass is 10.4. The summed E-state index contributed by atoms with van der Waals surface area (Å²) < 4.78 is 4.86. The maximum atomic E-state index is 11.0. The highest BCUT2D eigenvalue weighted by Gasteiger charge is 2.02. The Morgan fingerprint density at radius 1 is 1.77 bits per heavy atom. The van der Waals surface area contributed by atoms with Gasteiger partial charge in [0.15, 0.2) is 0 Å². The molecule has 1 heterocycles. The standard InChI is InChI=1S/C8H13N3O2/c1-2-3-6-13-8(12)10-7-4-5-9-11-7/h4-5H,2-3,6H2,1H3,(H2,9,10,11,12). The third-order valence-electron chi connectivity index (χ3n) is 1.47. The largest absolute Gasteiger partial charge is 0.449 e. The van der Waals surface area contributed by atoms with Crippen LogP contribution < -0.4 is 5.32 Å². The van der Waals surface area contributed by atoms with Gasteiger partial charge in [-0.3, -0.25) is 10.4 Å². The number of carbonyl (C=O) groups excluding carboxylic acids is 1. The minimum atomic E-state index is -0.447. The summed E-state index contributed by atoms with van der Waals surface area (Å²) in [5.41, 5.74) is 0. The minimum absolute atomic E-state index is 0.447. The van der Waals surface area contributed by atoms with Crippen LogP contribution in [0.5, 0.6) is 0 Å². The number of hydrogen-bond acceptors (Lipinski definition) is 3. The molecule has 0 saturated heterocycles. The van der Waals surface area contributed by atoms with Crippen molar-refractivity contribution >= 4 is 11.9 Å². The average molecular weight is 183 g/mol. The SMILES string of the molecule is CCCCOC(=O)Nc1ccn[nH]1. The molecule has 2 N–H and O–H groups in total. The first kappa shape index (κ1) is 9.57. The van der Waals surface area contributed by atoms with Gasteiger partial charge in [0, 0.05) is 6.07 Å². The molecule has 13 heavy (non-hydrogen) atoms. The van der Waals surface area contributed by atoms with Crippen LogP contribution in [0.3, 0.4) is 0 Å². The molecule has 1 amide bonds. The maximum absolute atomic E-state index is 11.0. The minimum Gasteiger partial charge on any atom is -0.449 e. The molecule has 5 heteroatoms. The third kappa shape index (κ3) is 3.59. The number of amides is 1. The van der Waals surface area contributed by atoms with E-state index in [1.807, 2.05) is 6.92 Å². The van der Waals surface area contributed by atoms with Crippen molar-refractivity contribution in [1.82, 2.24) is 10.2 Å². The molecule has 0 bridgehead atoms. The molecule has 1 aromatic rings. The highest BCUT2D eigenvalue weighted by Crippen LogP contribution is 1.99. The van der Waals surface area contributed by atoms with E-state index in [1.54, 1.807) is 12.3 Å². The van der Waals surface area contributed by atoms with E-state index < -0.39 is 6.09 Å². The first-order chi connectivity index (χ1) is 6.33. The summed E-state index contributed by atoms with van der Waals surface area (Å²) in [7, 11) is 0. The van der Waals surface area contributed by atoms with E-state index in [2.05, 4.69) is 15.5 Å². The van der Waals surface area contributed by atoms with Crippen LogP contribution in [-0.4, -0.2) is 22.9 Å². The Balaban J connectivity index is 2.18. The number of hydrogen-bond donors (Lipinski definition) is 2. The molecule has 0 aliphatic carbocycles. The fourth-order valence-corrected chi connectivity index (χ4v) is 0.781. The van der Waals surface area contributed by atoms with Crippen molar-refractivity contribution in [1.29, 1.82) is 0 Å². The Kier molecular flexibility index (Phi) is 3.81. The van der Waals surface area contributed by atoms with E-state index >= 15 is 0 Å². The molecule has 0 atom stereocenters. The Bertz CT molecular complexity index is 246. The fourth-order valence-electron chi connectivity index (χ4n) is 0.781. The van der Waals surface area contributed by atoms with Crippen LogP contribution in [0.2, 0.25) is 0 Å². The molecule has 0 aliphatic rings. The molecule has 0 fully saturated rings. The molecule has 0 saturated carbocycles. The van der Waals surface area contributed by atoms with Gasteiger partial charge in [0.2, 0.25) is 0 Å². The number of nitrogens with one attached hydrogen (secondary N) is 2. The molecule has 0 aromatic carbocycles. The van der Waals surface area contributed by atoms with E-state index in [9.17, 15) is 4.79 Å². The van der Waals surface area contributed by atoms with Gasteiger partial charge < -0.3 is 4.74 Å². The second-order valence-electron chi connectivity index (χ2n) is 2.58. The van der Waals surface area contributed by atoms with Gasteiger partial charge in [0.05, 0.1) is 12.8 Å². The summed E-state index contributed by atoms with van der Waals surface area (Å²) in [4.78, 5) is 11.0. The van der Waals surface area contributed by atoms with Crippen LogP contribution in [-0.2, 0) is 4.74 Å². The van der Waals surface area contributed by atoms with Gasteiger partial charge >= 0.3 is 6.09 Å². The van der Waals surface area contributed by atoms with Crippen molar-refractivity contribution < 1.29 is 9.53 Å². The third-order valence-corrected chi connectivity index (χ3v) is 1.47. The lowest BCUT2D eigenvalue weighted by Crippen LogP contribution is -2.14. The van der Waals surface area contributed by atoms with Crippen molar-refractivity contribution in [3.63, 3.8) is 0 Å². The van der Waals surface area contributed by atoms with E-state index in [0.29, 0.717) is 12.4 Å². The number of aromatic amines is 1. The second kappa shape index (κ2) is 5.18. The number of ether oxygens (including phenoxy) is 1. The van der Waals surface area contributed by atoms with Crippen LogP contribution in [0.4, 0.5) is 10.6 Å². The smallest absolute Gasteiger partial charge is 0.412 e. The van der Waals surface area contributed by atoms with Crippen molar-refractivity contribution in [3.8, 4) is 0 Å². The van der Waals surface area contributed by atoms with Gasteiger partial charge in [-0.15, -0.1) is 0 Å². The molecule has 72 valence electrons. The first-order valence-electron chi connectivity index (χ1n) is 4.26. The van der Waals surface area contributed by atoms with Crippen molar-refractivity contribution in [3.05, 3.63) is 12.3 Å². The summed E-state index contributed by atoms with van der Waals surface area (Å²) in [6, 6.07) is 1.65. The van der Waals surface area contributed by atoms with Crippen LogP contribution in [0.15, 0.2) is 12.3 Å². The molecule has 0 unspecified atom stereocenters. The molecule has 1 rings (SSSR count). The van der Waals surface area contributed by atoms with E-state index in [4.69, 9.17) is 4.74 Å². The average Bonchev–Trinajstić information content (AvgIpc) is 2.57. The summed E-state index contributed by atoms with van der Waals surface area (Å²) in [5, 5.41) is 8.77. The Labute approximate surface area is 76.5 Å². The monoisotopic (exact) mass is 183 g/mol. The number of rotatable bonds is 4. The second-order valence-corrected chi connectivity index (χ2v) is 2.58. The fraction of sp³-hybridized carbons (Fsp3) is 0.500. The Morgan fingerprint density at radius 3 is 3.23 bits per heavy atom. The topological polar surface area (TPSA) is 67.0 Å². The summed E-state index contributed by atoms with van der Waals surface area (Å²) >= 11 is 0. The van der Waals surface area contributed by atoms with Crippen molar-refractivity contribution in [2.24, 2.45) is 0 Å². The van der Waals surface area contributed by atoms with Gasteiger partial charge in [0.1, 0.15) is 5.82 Å². The van der Waals surface area contributed by atoms with Gasteiger partial charge in [-0.25, -0.2) is 4.79 Å². The molecular weight excluding hydrogens is 170 g/mol. The van der Waals surface area contributed by atoms with Gasteiger partial charge in [0.25, 0.3) is 0 Å². The van der Waals surface area contributed by atoms with E-state index in [0.717, 1.165) is 12.8 Å². The molecule has 5 nitrogen and oxygen atoms in total. The van der Waals surface area contributed by atoms with E-state index in [-0.39, 0.29) is 0 Å². The van der Waals surface area contributed by atoms with Crippen LogP contribution in [0, 0.1) is 0 Å². The zero-order chi connectivity index (χ0) is 9.52. The summed E-state index contributed by atoms with van der Waals surface area (Å²) in [6.45, 7) is 2.49. The number of carbonyl (C=O) groups is 1. The molecule has 0 radical (unpaired) electrons. The number of nitrogens with zero attached hydrogens (tertiary/aromatic N) is 1. The van der Waals surface area contributed by atoms with Crippen molar-refractivity contribution in [2.45, 2.75) is 19.8 Å². The molecule has 0 spiro atoms. The summed E-state index contributed by atoms with van der Waals surface area (Å²) in [5.74, 6) is 0.543. The van der Waals surface area contributed by atoms with Crippen molar-refractivity contribution in [2.75, 3.05) is 11.9 Å². The van der Waals surface area contributed by atoms with Gasteiger partial charge in [-0.05, 0) is 6.42 Å². The molecule has 0 aliphatic heterocycles. The predicted molar refractivity (Wildman–Crippen MR) is 48.5 cm³/mol. The predicted octanol–water partition coefficient (Wildman–Crippen LogP) is 1.76. The quantitative estimate of drug-likeness (QED) is 0.699. The normalized spacial score (nSPS) is 9.62. The lowest BCUT2D eigenvalue weighted by Gasteiger charge is -2.03. The first-order valence-corrected chi connectivity index (χ1v) is 4.26. The van der Waals surface area contributed by atoms with E-state index in [1.165, 1.54) is 0 Å². The Morgan fingerprint density at radius 2 is 2.62 bits per heavy atom. The number of H-pyrrole nitrogens is 1. The molecular formula is C8H13N3O2. The number of aromatic nitrogens is 2. The maximum Gasteiger partial charge on any atom is 0.412 e. The van der Waals surface area contributed by atoms with Gasteiger partial charge in [-0.2, -0.15) is 5.10 Å². The highest BCUT2D eigenvalue weighted by atomic mass is 16.5. The summed E-state index contributed by atoms with van der Waals surface area (Å²) in [6.07, 6.45) is 3.01. The van der Waals surface area contributed by atoms with Gasteiger partial charge in [-0.1, -0.05) is 13.3 Å². The zero-order valence-electron chi connectivity index (χ0n) is 7.54. The Hall–Kier alpha value is -1.52. The lowest BCUT2D eigenvalue weighted by molar-refractivity contribution is 0.160. The number of anilines is 1. The number of unbranched alkanes of at least 4 members (excludes halogenated alkanes) is 1. The highest BCUT2D eigenvalue weighted by molar-refractivity contribution is 5.83. The van der Waals surface area contributed by atoms with Crippen LogP contribution >= 0.6 is 0 Å². The molecule has 1 aromatic heterocycles. The van der Waals surface area contributed by atoms with Crippen LogP contribution in [0.1, 0.15) is 19.8 Å². The van der Waals surface area contributed by atoms with Crippen LogP contribution in [0.25, 0.3) is 0 Å².